The Hall–Kier alpha value is -2.17. The van der Waals surface area contributed by atoms with Gasteiger partial charge in [-0.3, -0.25) is 0 Å². The number of sulfonamides is 1. The number of pyridine rings is 1. The monoisotopic (exact) mass is 344 g/mol. The van der Waals surface area contributed by atoms with Gasteiger partial charge in [-0.2, -0.15) is 5.26 Å². The molecular formula is C17H20N4O2S. The maximum absolute atomic E-state index is 11.3. The van der Waals surface area contributed by atoms with E-state index in [1.54, 1.807) is 0 Å². The van der Waals surface area contributed by atoms with E-state index in [0.717, 1.165) is 29.3 Å². The summed E-state index contributed by atoms with van der Waals surface area (Å²) in [6, 6.07) is 10.1. The van der Waals surface area contributed by atoms with E-state index in [1.165, 1.54) is 0 Å². The third kappa shape index (κ3) is 3.35. The summed E-state index contributed by atoms with van der Waals surface area (Å²) in [6.07, 6.45) is 1.46. The number of para-hydroxylation sites is 1. The van der Waals surface area contributed by atoms with Crippen LogP contribution in [0.4, 0.5) is 5.82 Å². The number of aromatic nitrogens is 1. The maximum Gasteiger partial charge on any atom is 0.209 e. The van der Waals surface area contributed by atoms with Crippen molar-refractivity contribution in [1.29, 1.82) is 5.26 Å². The number of aryl methyl sites for hydroxylation is 1. The molecule has 126 valence electrons. The van der Waals surface area contributed by atoms with E-state index in [-0.39, 0.29) is 11.7 Å². The van der Waals surface area contributed by atoms with Gasteiger partial charge in [-0.15, -0.1) is 0 Å². The fourth-order valence-corrected chi connectivity index (χ4v) is 4.35. The fourth-order valence-electron chi connectivity index (χ4n) is 3.36. The number of nitriles is 1. The van der Waals surface area contributed by atoms with Crippen LogP contribution < -0.4 is 10.0 Å². The molecule has 1 saturated heterocycles. The molecule has 0 amide bonds. The zero-order chi connectivity index (χ0) is 17.3. The van der Waals surface area contributed by atoms with Gasteiger partial charge in [0, 0.05) is 18.5 Å². The predicted molar refractivity (Wildman–Crippen MR) is 94.1 cm³/mol. The number of piperidine rings is 1. The number of rotatable bonds is 3. The molecule has 24 heavy (non-hydrogen) atoms. The molecule has 0 radical (unpaired) electrons. The first-order valence-corrected chi connectivity index (χ1v) is 9.65. The molecule has 2 aromatic rings. The first-order valence-electron chi connectivity index (χ1n) is 7.94. The van der Waals surface area contributed by atoms with Gasteiger partial charge in [0.1, 0.15) is 11.9 Å². The lowest BCUT2D eigenvalue weighted by atomic mass is 9.97. The van der Waals surface area contributed by atoms with Crippen molar-refractivity contribution in [1.82, 2.24) is 4.98 Å². The van der Waals surface area contributed by atoms with E-state index in [0.29, 0.717) is 24.5 Å². The van der Waals surface area contributed by atoms with Crippen molar-refractivity contribution >= 4 is 26.7 Å². The first kappa shape index (κ1) is 16.7. The summed E-state index contributed by atoms with van der Waals surface area (Å²) in [5, 5.41) is 15.7. The fraction of sp³-hybridized carbons (Fsp3) is 0.412. The molecule has 1 aromatic carbocycles. The SMILES string of the molecule is Cc1c(C#N)c(N2CCC(CS(N)(=O)=O)CC2)nc2ccccc12. The minimum atomic E-state index is -3.44. The van der Waals surface area contributed by atoms with E-state index in [1.807, 2.05) is 31.2 Å². The number of primary sulfonamides is 1. The second-order valence-electron chi connectivity index (χ2n) is 6.32. The molecule has 0 atom stereocenters. The van der Waals surface area contributed by atoms with Crippen LogP contribution in [0.15, 0.2) is 24.3 Å². The molecule has 2 N–H and O–H groups in total. The van der Waals surface area contributed by atoms with Crippen molar-refractivity contribution in [2.75, 3.05) is 23.7 Å². The van der Waals surface area contributed by atoms with Crippen LogP contribution in [0.5, 0.6) is 0 Å². The Morgan fingerprint density at radius 1 is 1.33 bits per heavy atom. The summed E-state index contributed by atoms with van der Waals surface area (Å²) in [7, 11) is -3.44. The summed E-state index contributed by atoms with van der Waals surface area (Å²) in [6.45, 7) is 3.30. The molecule has 3 rings (SSSR count). The highest BCUT2D eigenvalue weighted by molar-refractivity contribution is 7.89. The van der Waals surface area contributed by atoms with Crippen molar-refractivity contribution in [3.05, 3.63) is 35.4 Å². The molecule has 0 bridgehead atoms. The van der Waals surface area contributed by atoms with Crippen LogP contribution in [0.2, 0.25) is 0 Å². The van der Waals surface area contributed by atoms with Crippen molar-refractivity contribution in [2.24, 2.45) is 11.1 Å². The van der Waals surface area contributed by atoms with Gasteiger partial charge in [-0.1, -0.05) is 18.2 Å². The average molecular weight is 344 g/mol. The highest BCUT2D eigenvalue weighted by atomic mass is 32.2. The summed E-state index contributed by atoms with van der Waals surface area (Å²) >= 11 is 0. The van der Waals surface area contributed by atoms with Gasteiger partial charge in [-0.25, -0.2) is 18.5 Å². The second kappa shape index (κ2) is 6.38. The largest absolute Gasteiger partial charge is 0.355 e. The van der Waals surface area contributed by atoms with Gasteiger partial charge in [-0.05, 0) is 37.3 Å². The molecule has 0 saturated carbocycles. The topological polar surface area (TPSA) is 100 Å². The van der Waals surface area contributed by atoms with Crippen molar-refractivity contribution in [2.45, 2.75) is 19.8 Å². The van der Waals surface area contributed by atoms with Crippen LogP contribution in [0.3, 0.4) is 0 Å². The summed E-state index contributed by atoms with van der Waals surface area (Å²) in [4.78, 5) is 6.77. The zero-order valence-corrected chi connectivity index (χ0v) is 14.4. The summed E-state index contributed by atoms with van der Waals surface area (Å²) in [5.41, 5.74) is 2.40. The molecule has 6 nitrogen and oxygen atoms in total. The Labute approximate surface area is 141 Å². The van der Waals surface area contributed by atoms with Crippen LogP contribution >= 0.6 is 0 Å². The van der Waals surface area contributed by atoms with E-state index in [9.17, 15) is 13.7 Å². The van der Waals surface area contributed by atoms with Gasteiger partial charge in [0.05, 0.1) is 16.8 Å². The lowest BCUT2D eigenvalue weighted by molar-refractivity contribution is 0.434. The van der Waals surface area contributed by atoms with Crippen molar-refractivity contribution < 1.29 is 8.42 Å². The molecule has 0 aliphatic carbocycles. The Bertz CT molecular complexity index is 910. The lowest BCUT2D eigenvalue weighted by Gasteiger charge is -2.33. The predicted octanol–water partition coefficient (Wildman–Crippen LogP) is 1.92. The van der Waals surface area contributed by atoms with Gasteiger partial charge < -0.3 is 4.90 Å². The van der Waals surface area contributed by atoms with Crippen LogP contribution in [0, 0.1) is 24.2 Å². The Balaban J connectivity index is 1.90. The molecule has 2 heterocycles. The van der Waals surface area contributed by atoms with E-state index < -0.39 is 10.0 Å². The second-order valence-corrected chi connectivity index (χ2v) is 7.98. The first-order chi connectivity index (χ1) is 11.4. The number of hydrogen-bond acceptors (Lipinski definition) is 5. The highest BCUT2D eigenvalue weighted by Gasteiger charge is 2.25. The normalized spacial score (nSPS) is 16.3. The van der Waals surface area contributed by atoms with E-state index in [4.69, 9.17) is 10.1 Å². The highest BCUT2D eigenvalue weighted by Crippen LogP contribution is 2.30. The quantitative estimate of drug-likeness (QED) is 0.917. The van der Waals surface area contributed by atoms with Gasteiger partial charge in [0.2, 0.25) is 10.0 Å². The number of nitrogens with two attached hydrogens (primary N) is 1. The third-order valence-corrected chi connectivity index (χ3v) is 5.56. The molecule has 1 aliphatic heterocycles. The Morgan fingerprint density at radius 2 is 2.00 bits per heavy atom. The summed E-state index contributed by atoms with van der Waals surface area (Å²) in [5.74, 6) is 0.793. The van der Waals surface area contributed by atoms with E-state index in [2.05, 4.69) is 11.0 Å². The standard InChI is InChI=1S/C17H20N4O2S/c1-12-14-4-2-3-5-16(14)20-17(15(12)10-18)21-8-6-13(7-9-21)11-24(19,22)23/h2-5,13H,6-9,11H2,1H3,(H2,19,22,23). The Morgan fingerprint density at radius 3 is 2.62 bits per heavy atom. The van der Waals surface area contributed by atoms with Gasteiger partial charge >= 0.3 is 0 Å². The average Bonchev–Trinajstić information content (AvgIpc) is 2.54. The van der Waals surface area contributed by atoms with Crippen molar-refractivity contribution in [3.63, 3.8) is 0 Å². The molecule has 0 unspecified atom stereocenters. The molecule has 1 fully saturated rings. The number of anilines is 1. The van der Waals surface area contributed by atoms with Crippen LogP contribution in [0.25, 0.3) is 10.9 Å². The lowest BCUT2D eigenvalue weighted by Crippen LogP contribution is -2.38. The molecule has 1 aliphatic rings. The van der Waals surface area contributed by atoms with Crippen LogP contribution in [-0.2, 0) is 10.0 Å². The Kier molecular flexibility index (Phi) is 4.43. The third-order valence-electron chi connectivity index (χ3n) is 4.63. The molecule has 0 spiro atoms. The number of nitrogens with zero attached hydrogens (tertiary/aromatic N) is 3. The van der Waals surface area contributed by atoms with Crippen molar-refractivity contribution in [3.8, 4) is 6.07 Å². The zero-order valence-electron chi connectivity index (χ0n) is 13.6. The van der Waals surface area contributed by atoms with Crippen LogP contribution in [-0.4, -0.2) is 32.2 Å². The number of hydrogen-bond donors (Lipinski definition) is 1. The maximum atomic E-state index is 11.3. The van der Waals surface area contributed by atoms with E-state index >= 15 is 0 Å². The smallest absolute Gasteiger partial charge is 0.209 e. The minimum absolute atomic E-state index is 0.0239. The molecular weight excluding hydrogens is 324 g/mol. The molecule has 1 aromatic heterocycles. The van der Waals surface area contributed by atoms with Gasteiger partial charge in [0.15, 0.2) is 0 Å². The summed E-state index contributed by atoms with van der Waals surface area (Å²) < 4.78 is 22.5. The van der Waals surface area contributed by atoms with Gasteiger partial charge in [0.25, 0.3) is 0 Å². The number of fused-ring (bicyclic) bond motifs is 1. The molecule has 7 heteroatoms. The van der Waals surface area contributed by atoms with Crippen LogP contribution in [0.1, 0.15) is 24.0 Å². The number of benzene rings is 1. The minimum Gasteiger partial charge on any atom is -0.355 e.